The molecule has 0 saturated carbocycles. The summed E-state index contributed by atoms with van der Waals surface area (Å²) in [5.74, 6) is 1.33. The van der Waals surface area contributed by atoms with Gasteiger partial charge < -0.3 is 10.1 Å². The minimum absolute atomic E-state index is 0.531. The fourth-order valence-electron chi connectivity index (χ4n) is 1.43. The number of carbonyl (C=O) groups is 1. The van der Waals surface area contributed by atoms with E-state index in [1.165, 1.54) is 0 Å². The minimum Gasteiger partial charge on any atom is -0.497 e. The second kappa shape index (κ2) is 5.12. The zero-order valence-corrected chi connectivity index (χ0v) is 9.38. The summed E-state index contributed by atoms with van der Waals surface area (Å²) in [6.07, 6.45) is 2.41. The Morgan fingerprint density at radius 1 is 1.24 bits per heavy atom. The third-order valence-electron chi connectivity index (χ3n) is 2.32. The highest BCUT2D eigenvalue weighted by Crippen LogP contribution is 2.20. The maximum absolute atomic E-state index is 10.8. The van der Waals surface area contributed by atoms with Gasteiger partial charge in [0.05, 0.1) is 12.7 Å². The standard InChI is InChI=1S/C13H12N2O2/c1-17-12-6-4-11(5-7-12)15-13-10(9-16)3-2-8-14-13/h2-9H,1H3,(H,14,15). The first kappa shape index (κ1) is 11.1. The quantitative estimate of drug-likeness (QED) is 0.817. The molecule has 0 aliphatic heterocycles. The van der Waals surface area contributed by atoms with Crippen molar-refractivity contribution >= 4 is 17.8 Å². The third kappa shape index (κ3) is 2.60. The van der Waals surface area contributed by atoms with Crippen molar-refractivity contribution in [3.05, 3.63) is 48.2 Å². The SMILES string of the molecule is COc1ccc(Nc2ncccc2C=O)cc1. The number of anilines is 2. The molecule has 0 amide bonds. The third-order valence-corrected chi connectivity index (χ3v) is 2.32. The van der Waals surface area contributed by atoms with Crippen LogP contribution in [-0.2, 0) is 0 Å². The van der Waals surface area contributed by atoms with Crippen LogP contribution in [0.25, 0.3) is 0 Å². The lowest BCUT2D eigenvalue weighted by Gasteiger charge is -2.07. The van der Waals surface area contributed by atoms with Crippen molar-refractivity contribution in [1.29, 1.82) is 0 Å². The van der Waals surface area contributed by atoms with E-state index < -0.39 is 0 Å². The molecule has 1 N–H and O–H groups in total. The Kier molecular flexibility index (Phi) is 3.35. The van der Waals surface area contributed by atoms with Gasteiger partial charge in [0.2, 0.25) is 0 Å². The molecule has 86 valence electrons. The molecule has 1 aromatic carbocycles. The monoisotopic (exact) mass is 228 g/mol. The first-order chi connectivity index (χ1) is 8.33. The maximum atomic E-state index is 10.8. The Bertz CT molecular complexity index is 509. The highest BCUT2D eigenvalue weighted by molar-refractivity contribution is 5.83. The lowest BCUT2D eigenvalue weighted by Crippen LogP contribution is -1.97. The fourth-order valence-corrected chi connectivity index (χ4v) is 1.43. The summed E-state index contributed by atoms with van der Waals surface area (Å²) in [5.41, 5.74) is 1.39. The van der Waals surface area contributed by atoms with Crippen molar-refractivity contribution in [3.63, 3.8) is 0 Å². The van der Waals surface area contributed by atoms with Gasteiger partial charge in [0, 0.05) is 11.9 Å². The van der Waals surface area contributed by atoms with Crippen LogP contribution in [0.3, 0.4) is 0 Å². The summed E-state index contributed by atoms with van der Waals surface area (Å²) in [4.78, 5) is 14.9. The first-order valence-corrected chi connectivity index (χ1v) is 5.15. The molecule has 0 aliphatic carbocycles. The zero-order valence-electron chi connectivity index (χ0n) is 9.38. The number of ether oxygens (including phenoxy) is 1. The summed E-state index contributed by atoms with van der Waals surface area (Å²) in [6, 6.07) is 10.8. The van der Waals surface area contributed by atoms with Crippen LogP contribution in [0.5, 0.6) is 5.75 Å². The van der Waals surface area contributed by atoms with Crippen LogP contribution in [0, 0.1) is 0 Å². The van der Waals surface area contributed by atoms with E-state index in [9.17, 15) is 4.79 Å². The maximum Gasteiger partial charge on any atom is 0.153 e. The molecule has 0 spiro atoms. The predicted octanol–water partition coefficient (Wildman–Crippen LogP) is 2.65. The van der Waals surface area contributed by atoms with Crippen LogP contribution in [0.4, 0.5) is 11.5 Å². The van der Waals surface area contributed by atoms with Crippen molar-refractivity contribution < 1.29 is 9.53 Å². The lowest BCUT2D eigenvalue weighted by atomic mass is 10.2. The molecular formula is C13H12N2O2. The minimum atomic E-state index is 0.531. The van der Waals surface area contributed by atoms with Gasteiger partial charge in [-0.05, 0) is 36.4 Å². The molecule has 0 aliphatic rings. The summed E-state index contributed by atoms with van der Waals surface area (Å²) >= 11 is 0. The normalized spacial score (nSPS) is 9.71. The van der Waals surface area contributed by atoms with Gasteiger partial charge in [-0.2, -0.15) is 0 Å². The molecule has 0 saturated heterocycles. The lowest BCUT2D eigenvalue weighted by molar-refractivity contribution is 0.112. The average molecular weight is 228 g/mol. The van der Waals surface area contributed by atoms with Gasteiger partial charge in [0.15, 0.2) is 6.29 Å². The Balaban J connectivity index is 2.22. The smallest absolute Gasteiger partial charge is 0.153 e. The topological polar surface area (TPSA) is 51.2 Å². The number of aldehydes is 1. The predicted molar refractivity (Wildman–Crippen MR) is 65.9 cm³/mol. The number of pyridine rings is 1. The van der Waals surface area contributed by atoms with Crippen LogP contribution in [0.1, 0.15) is 10.4 Å². The molecule has 0 atom stereocenters. The first-order valence-electron chi connectivity index (χ1n) is 5.15. The van der Waals surface area contributed by atoms with Gasteiger partial charge in [0.25, 0.3) is 0 Å². The van der Waals surface area contributed by atoms with Gasteiger partial charge in [-0.1, -0.05) is 0 Å². The van der Waals surface area contributed by atoms with Crippen molar-refractivity contribution in [2.45, 2.75) is 0 Å². The molecule has 0 radical (unpaired) electrons. The average Bonchev–Trinajstić information content (AvgIpc) is 2.40. The molecule has 2 aromatic rings. The number of aromatic nitrogens is 1. The van der Waals surface area contributed by atoms with E-state index >= 15 is 0 Å². The highest BCUT2D eigenvalue weighted by Gasteiger charge is 2.02. The van der Waals surface area contributed by atoms with Crippen LogP contribution in [0.15, 0.2) is 42.6 Å². The number of hydrogen-bond donors (Lipinski definition) is 1. The number of nitrogens with zero attached hydrogens (tertiary/aromatic N) is 1. The number of methoxy groups -OCH3 is 1. The van der Waals surface area contributed by atoms with Crippen molar-refractivity contribution in [2.75, 3.05) is 12.4 Å². The molecule has 4 heteroatoms. The largest absolute Gasteiger partial charge is 0.497 e. The number of rotatable bonds is 4. The van der Waals surface area contributed by atoms with Gasteiger partial charge >= 0.3 is 0 Å². The number of nitrogens with one attached hydrogen (secondary N) is 1. The van der Waals surface area contributed by atoms with E-state index in [-0.39, 0.29) is 0 Å². The second-order valence-corrected chi connectivity index (χ2v) is 3.41. The van der Waals surface area contributed by atoms with Crippen LogP contribution in [0.2, 0.25) is 0 Å². The van der Waals surface area contributed by atoms with E-state index in [2.05, 4.69) is 10.3 Å². The van der Waals surface area contributed by atoms with Gasteiger partial charge in [-0.25, -0.2) is 4.98 Å². The molecule has 1 aromatic heterocycles. The van der Waals surface area contributed by atoms with Gasteiger partial charge in [-0.3, -0.25) is 4.79 Å². The molecule has 0 unspecified atom stereocenters. The van der Waals surface area contributed by atoms with Gasteiger partial charge in [0.1, 0.15) is 11.6 Å². The van der Waals surface area contributed by atoms with Crippen molar-refractivity contribution in [1.82, 2.24) is 4.98 Å². The van der Waals surface area contributed by atoms with Crippen molar-refractivity contribution in [2.24, 2.45) is 0 Å². The molecule has 0 bridgehead atoms. The van der Waals surface area contributed by atoms with E-state index in [4.69, 9.17) is 4.74 Å². The Morgan fingerprint density at radius 2 is 2.00 bits per heavy atom. The van der Waals surface area contributed by atoms with E-state index in [0.717, 1.165) is 17.7 Å². The summed E-state index contributed by atoms with van der Waals surface area (Å²) in [6.45, 7) is 0. The molecular weight excluding hydrogens is 216 g/mol. The molecule has 17 heavy (non-hydrogen) atoms. The van der Waals surface area contributed by atoms with Gasteiger partial charge in [-0.15, -0.1) is 0 Å². The van der Waals surface area contributed by atoms with Crippen LogP contribution in [-0.4, -0.2) is 18.4 Å². The molecule has 4 nitrogen and oxygen atoms in total. The number of hydrogen-bond acceptors (Lipinski definition) is 4. The second-order valence-electron chi connectivity index (χ2n) is 3.41. The van der Waals surface area contributed by atoms with E-state index in [1.54, 1.807) is 25.4 Å². The number of benzene rings is 1. The summed E-state index contributed by atoms with van der Waals surface area (Å²) in [7, 11) is 1.62. The Hall–Kier alpha value is -2.36. The highest BCUT2D eigenvalue weighted by atomic mass is 16.5. The number of carbonyl (C=O) groups excluding carboxylic acids is 1. The Labute approximate surface area is 99.3 Å². The zero-order chi connectivity index (χ0) is 12.1. The van der Waals surface area contributed by atoms with Crippen LogP contribution < -0.4 is 10.1 Å². The fraction of sp³-hybridized carbons (Fsp3) is 0.0769. The summed E-state index contributed by atoms with van der Waals surface area (Å²) in [5, 5.41) is 3.08. The van der Waals surface area contributed by atoms with E-state index in [0.29, 0.717) is 11.4 Å². The molecule has 2 rings (SSSR count). The van der Waals surface area contributed by atoms with E-state index in [1.807, 2.05) is 24.3 Å². The molecule has 1 heterocycles. The summed E-state index contributed by atoms with van der Waals surface area (Å²) < 4.78 is 5.06. The molecule has 0 fully saturated rings. The Morgan fingerprint density at radius 3 is 2.65 bits per heavy atom. The van der Waals surface area contributed by atoms with Crippen LogP contribution >= 0.6 is 0 Å². The van der Waals surface area contributed by atoms with Crippen molar-refractivity contribution in [3.8, 4) is 5.75 Å².